The van der Waals surface area contributed by atoms with Crippen LogP contribution in [0, 0.1) is 20.8 Å². The molecule has 0 saturated heterocycles. The predicted molar refractivity (Wildman–Crippen MR) is 165 cm³/mol. The first-order chi connectivity index (χ1) is 19.5. The summed E-state index contributed by atoms with van der Waals surface area (Å²) in [6.07, 6.45) is 1.70. The zero-order chi connectivity index (χ0) is 30.2. The summed E-state index contributed by atoms with van der Waals surface area (Å²) in [5, 5.41) is 3.01. The van der Waals surface area contributed by atoms with E-state index in [1.54, 1.807) is 41.3 Å². The molecule has 2 amide bonds. The lowest BCUT2D eigenvalue weighted by molar-refractivity contribution is -0.139. The SMILES string of the molecule is CC[C@H](C(=O)N[C@@H](C)CC)N(CCc1ccccc1)C(=O)CN(c1ccc(C)c(C)c1)S(=O)(=O)c1ccc(C)cc1. The summed E-state index contributed by atoms with van der Waals surface area (Å²) in [6, 6.07) is 20.9. The Labute approximate surface area is 245 Å². The van der Waals surface area contributed by atoms with Gasteiger partial charge in [0, 0.05) is 12.6 Å². The lowest BCUT2D eigenvalue weighted by atomic mass is 10.1. The molecule has 3 rings (SSSR count). The summed E-state index contributed by atoms with van der Waals surface area (Å²) >= 11 is 0. The fraction of sp³-hybridized carbons (Fsp3) is 0.394. The lowest BCUT2D eigenvalue weighted by Crippen LogP contribution is -2.54. The van der Waals surface area contributed by atoms with Crippen LogP contribution in [0.15, 0.2) is 77.7 Å². The molecule has 220 valence electrons. The van der Waals surface area contributed by atoms with E-state index in [1.807, 2.05) is 77.9 Å². The van der Waals surface area contributed by atoms with Crippen molar-refractivity contribution in [3.05, 3.63) is 95.1 Å². The van der Waals surface area contributed by atoms with Crippen molar-refractivity contribution >= 4 is 27.5 Å². The highest BCUT2D eigenvalue weighted by Gasteiger charge is 2.33. The molecule has 41 heavy (non-hydrogen) atoms. The Hall–Kier alpha value is -3.65. The third-order valence-corrected chi connectivity index (χ3v) is 9.33. The van der Waals surface area contributed by atoms with Gasteiger partial charge in [0.1, 0.15) is 12.6 Å². The van der Waals surface area contributed by atoms with Gasteiger partial charge in [0.05, 0.1) is 10.6 Å². The summed E-state index contributed by atoms with van der Waals surface area (Å²) in [5.74, 6) is -0.664. The number of anilines is 1. The van der Waals surface area contributed by atoms with Gasteiger partial charge in [-0.15, -0.1) is 0 Å². The van der Waals surface area contributed by atoms with Crippen molar-refractivity contribution in [3.8, 4) is 0 Å². The molecule has 0 aliphatic rings. The van der Waals surface area contributed by atoms with Crippen molar-refractivity contribution in [1.29, 1.82) is 0 Å². The molecule has 3 aromatic carbocycles. The van der Waals surface area contributed by atoms with Gasteiger partial charge < -0.3 is 10.2 Å². The highest BCUT2D eigenvalue weighted by atomic mass is 32.2. The molecule has 0 fully saturated rings. The maximum atomic E-state index is 14.1. The zero-order valence-electron chi connectivity index (χ0n) is 25.1. The number of hydrogen-bond donors (Lipinski definition) is 1. The van der Waals surface area contributed by atoms with Gasteiger partial charge >= 0.3 is 0 Å². The Morgan fingerprint density at radius 3 is 2.10 bits per heavy atom. The molecule has 2 atom stereocenters. The minimum absolute atomic E-state index is 0.0448. The van der Waals surface area contributed by atoms with Crippen molar-refractivity contribution in [2.24, 2.45) is 0 Å². The minimum atomic E-state index is -4.09. The third kappa shape index (κ3) is 8.19. The van der Waals surface area contributed by atoms with Crippen LogP contribution in [-0.2, 0) is 26.0 Å². The second-order valence-corrected chi connectivity index (χ2v) is 12.5. The standard InChI is InChI=1S/C33H43N3O4S/c1-7-27(6)34-33(38)31(8-2)35(21-20-28-12-10-9-11-13-28)32(37)23-36(29-17-16-25(4)26(5)22-29)41(39,40)30-18-14-24(3)15-19-30/h9-19,22,27,31H,7-8,20-21,23H2,1-6H3,(H,34,38)/t27-,31+/m0/s1. The average molecular weight is 578 g/mol. The number of benzene rings is 3. The van der Waals surface area contributed by atoms with Gasteiger partial charge in [-0.25, -0.2) is 8.42 Å². The second-order valence-electron chi connectivity index (χ2n) is 10.7. The Kier molecular flexibility index (Phi) is 11.1. The lowest BCUT2D eigenvalue weighted by Gasteiger charge is -2.34. The Balaban J connectivity index is 2.03. The van der Waals surface area contributed by atoms with Crippen molar-refractivity contribution in [1.82, 2.24) is 10.2 Å². The molecule has 0 unspecified atom stereocenters. The normalized spacial score (nSPS) is 12.8. The molecule has 0 aliphatic carbocycles. The second kappa shape index (κ2) is 14.3. The topological polar surface area (TPSA) is 86.8 Å². The number of nitrogens with one attached hydrogen (secondary N) is 1. The van der Waals surface area contributed by atoms with E-state index in [9.17, 15) is 18.0 Å². The first-order valence-corrected chi connectivity index (χ1v) is 15.7. The van der Waals surface area contributed by atoms with Crippen LogP contribution in [0.4, 0.5) is 5.69 Å². The van der Waals surface area contributed by atoms with Crippen LogP contribution < -0.4 is 9.62 Å². The van der Waals surface area contributed by atoms with E-state index in [1.165, 1.54) is 4.31 Å². The zero-order valence-corrected chi connectivity index (χ0v) is 25.9. The fourth-order valence-electron chi connectivity index (χ4n) is 4.58. The molecule has 3 aromatic rings. The Morgan fingerprint density at radius 1 is 0.854 bits per heavy atom. The maximum absolute atomic E-state index is 14.1. The van der Waals surface area contributed by atoms with Gasteiger partial charge in [-0.1, -0.05) is 67.9 Å². The van der Waals surface area contributed by atoms with E-state index in [2.05, 4.69) is 5.32 Å². The summed E-state index contributed by atoms with van der Waals surface area (Å²) in [7, 11) is -4.09. The van der Waals surface area contributed by atoms with Crippen molar-refractivity contribution < 1.29 is 18.0 Å². The highest BCUT2D eigenvalue weighted by Crippen LogP contribution is 2.27. The first-order valence-electron chi connectivity index (χ1n) is 14.3. The predicted octanol–water partition coefficient (Wildman–Crippen LogP) is 5.57. The molecule has 0 aromatic heterocycles. The molecule has 0 bridgehead atoms. The van der Waals surface area contributed by atoms with Crippen LogP contribution in [0.5, 0.6) is 0 Å². The largest absolute Gasteiger partial charge is 0.352 e. The number of amides is 2. The molecule has 7 nitrogen and oxygen atoms in total. The Bertz CT molecular complexity index is 1420. The van der Waals surface area contributed by atoms with E-state index >= 15 is 0 Å². The highest BCUT2D eigenvalue weighted by molar-refractivity contribution is 7.92. The molecule has 0 heterocycles. The summed E-state index contributed by atoms with van der Waals surface area (Å²) in [4.78, 5) is 29.1. The number of carbonyl (C=O) groups excluding carboxylic acids is 2. The number of hydrogen-bond acceptors (Lipinski definition) is 4. The van der Waals surface area contributed by atoms with Gasteiger partial charge in [0.25, 0.3) is 10.0 Å². The van der Waals surface area contributed by atoms with Crippen LogP contribution in [-0.4, -0.2) is 50.3 Å². The van der Waals surface area contributed by atoms with Crippen LogP contribution in [0.2, 0.25) is 0 Å². The van der Waals surface area contributed by atoms with Crippen LogP contribution in [0.1, 0.15) is 55.9 Å². The number of sulfonamides is 1. The molecule has 0 aliphatic heterocycles. The molecular formula is C33H43N3O4S. The summed E-state index contributed by atoms with van der Waals surface area (Å²) in [6.45, 7) is 11.4. The maximum Gasteiger partial charge on any atom is 0.264 e. The van der Waals surface area contributed by atoms with Crippen molar-refractivity contribution in [2.45, 2.75) is 77.8 Å². The fourth-order valence-corrected chi connectivity index (χ4v) is 5.99. The van der Waals surface area contributed by atoms with E-state index in [0.29, 0.717) is 18.5 Å². The summed E-state index contributed by atoms with van der Waals surface area (Å²) in [5.41, 5.74) is 4.30. The van der Waals surface area contributed by atoms with E-state index in [-0.39, 0.29) is 23.4 Å². The van der Waals surface area contributed by atoms with Crippen LogP contribution in [0.3, 0.4) is 0 Å². The van der Waals surface area contributed by atoms with Crippen LogP contribution in [0.25, 0.3) is 0 Å². The number of aryl methyl sites for hydroxylation is 3. The number of nitrogens with zero attached hydrogens (tertiary/aromatic N) is 2. The molecule has 0 spiro atoms. The Morgan fingerprint density at radius 2 is 1.51 bits per heavy atom. The van der Waals surface area contributed by atoms with E-state index in [4.69, 9.17) is 0 Å². The number of carbonyl (C=O) groups is 2. The van der Waals surface area contributed by atoms with E-state index < -0.39 is 28.5 Å². The van der Waals surface area contributed by atoms with Gasteiger partial charge in [0.15, 0.2) is 0 Å². The van der Waals surface area contributed by atoms with Crippen LogP contribution >= 0.6 is 0 Å². The van der Waals surface area contributed by atoms with Gasteiger partial charge in [-0.3, -0.25) is 13.9 Å². The smallest absolute Gasteiger partial charge is 0.264 e. The molecule has 0 saturated carbocycles. The van der Waals surface area contributed by atoms with Gasteiger partial charge in [-0.05, 0) is 87.9 Å². The number of rotatable bonds is 13. The molecule has 8 heteroatoms. The molecule has 1 N–H and O–H groups in total. The first kappa shape index (κ1) is 31.9. The van der Waals surface area contributed by atoms with Gasteiger partial charge in [0.2, 0.25) is 11.8 Å². The molecule has 0 radical (unpaired) electrons. The average Bonchev–Trinajstić information content (AvgIpc) is 2.95. The minimum Gasteiger partial charge on any atom is -0.352 e. The van der Waals surface area contributed by atoms with Gasteiger partial charge in [-0.2, -0.15) is 0 Å². The molecular weight excluding hydrogens is 534 g/mol. The summed E-state index contributed by atoms with van der Waals surface area (Å²) < 4.78 is 29.2. The van der Waals surface area contributed by atoms with E-state index in [0.717, 1.165) is 28.7 Å². The monoisotopic (exact) mass is 577 g/mol. The quantitative estimate of drug-likeness (QED) is 0.288. The third-order valence-electron chi connectivity index (χ3n) is 7.54. The van der Waals surface area contributed by atoms with Crippen molar-refractivity contribution in [2.75, 3.05) is 17.4 Å². The van der Waals surface area contributed by atoms with Crippen molar-refractivity contribution in [3.63, 3.8) is 0 Å².